The molecule has 0 aliphatic carbocycles. The van der Waals surface area contributed by atoms with E-state index in [1.54, 1.807) is 17.1 Å². The minimum Gasteiger partial charge on any atom is -0.479 e. The fourth-order valence-electron chi connectivity index (χ4n) is 3.11. The van der Waals surface area contributed by atoms with E-state index in [-0.39, 0.29) is 5.82 Å². The van der Waals surface area contributed by atoms with Crippen LogP contribution in [0.5, 0.6) is 5.88 Å². The summed E-state index contributed by atoms with van der Waals surface area (Å²) in [5.74, 6) is 2.46. The van der Waals surface area contributed by atoms with Crippen molar-refractivity contribution in [3.63, 3.8) is 0 Å². The van der Waals surface area contributed by atoms with Gasteiger partial charge >= 0.3 is 0 Å². The molecule has 1 aliphatic rings. The minimum absolute atomic E-state index is 0.194. The van der Waals surface area contributed by atoms with E-state index in [4.69, 9.17) is 12.6 Å². The second-order valence-electron chi connectivity index (χ2n) is 6.31. The molecule has 4 aromatic rings. The number of nitrogens with zero attached hydrogens (tertiary/aromatic N) is 7. The summed E-state index contributed by atoms with van der Waals surface area (Å²) in [6.45, 7) is 0.528. The molecule has 0 saturated heterocycles. The fraction of sp³-hybridized carbons (Fsp3) is 0.235. The number of anilines is 2. The van der Waals surface area contributed by atoms with Crippen molar-refractivity contribution < 1.29 is 4.74 Å². The van der Waals surface area contributed by atoms with E-state index < -0.39 is 0 Å². The van der Waals surface area contributed by atoms with Crippen molar-refractivity contribution in [1.29, 1.82) is 0 Å². The van der Waals surface area contributed by atoms with Crippen LogP contribution >= 0.6 is 0 Å². The molecule has 5 rings (SSSR count). The van der Waals surface area contributed by atoms with Crippen LogP contribution in [0, 0.1) is 0 Å². The van der Waals surface area contributed by atoms with Crippen LogP contribution in [0.3, 0.4) is 0 Å². The highest BCUT2D eigenvalue weighted by molar-refractivity contribution is 6.12. The summed E-state index contributed by atoms with van der Waals surface area (Å²) in [5.41, 5.74) is 2.28. The zero-order chi connectivity index (χ0) is 18.4. The largest absolute Gasteiger partial charge is 0.479 e. The summed E-state index contributed by atoms with van der Waals surface area (Å²) in [6.07, 6.45) is 4.10. The number of ether oxygens (including phenoxy) is 1. The fourth-order valence-corrected chi connectivity index (χ4v) is 3.11. The highest BCUT2D eigenvalue weighted by Gasteiger charge is 2.21. The summed E-state index contributed by atoms with van der Waals surface area (Å²) in [6, 6.07) is 7.53. The maximum Gasteiger partial charge on any atom is 0.228 e. The first kappa shape index (κ1) is 15.8. The molecule has 5 heterocycles. The van der Waals surface area contributed by atoms with Crippen molar-refractivity contribution in [3.8, 4) is 17.1 Å². The molecule has 27 heavy (non-hydrogen) atoms. The van der Waals surface area contributed by atoms with Crippen molar-refractivity contribution in [2.24, 2.45) is 7.05 Å². The Bertz CT molecular complexity index is 1140. The van der Waals surface area contributed by atoms with Gasteiger partial charge < -0.3 is 10.1 Å². The van der Waals surface area contributed by atoms with Crippen molar-refractivity contribution in [2.75, 3.05) is 11.9 Å². The lowest BCUT2D eigenvalue weighted by Gasteiger charge is -2.10. The van der Waals surface area contributed by atoms with Gasteiger partial charge in [-0.25, -0.2) is 14.4 Å². The molecule has 0 amide bonds. The molecule has 0 fully saturated rings. The van der Waals surface area contributed by atoms with Crippen molar-refractivity contribution in [1.82, 2.24) is 34.3 Å². The van der Waals surface area contributed by atoms with Gasteiger partial charge in [-0.15, -0.1) is 10.2 Å². The van der Waals surface area contributed by atoms with Crippen LogP contribution in [0.1, 0.15) is 18.1 Å². The van der Waals surface area contributed by atoms with Crippen molar-refractivity contribution in [2.45, 2.75) is 12.2 Å². The molecule has 4 aromatic heterocycles. The van der Waals surface area contributed by atoms with Crippen LogP contribution in [0.15, 0.2) is 36.7 Å². The number of nitrogens with one attached hydrogen (secondary N) is 1. The van der Waals surface area contributed by atoms with E-state index in [0.717, 1.165) is 17.1 Å². The van der Waals surface area contributed by atoms with Gasteiger partial charge in [0.1, 0.15) is 11.6 Å². The van der Waals surface area contributed by atoms with Crippen LogP contribution in [-0.2, 0) is 7.05 Å². The molecular weight excluding hydrogens is 343 g/mol. The Labute approximate surface area is 155 Å². The van der Waals surface area contributed by atoms with Gasteiger partial charge in [0.2, 0.25) is 11.8 Å². The lowest BCUT2D eigenvalue weighted by atomic mass is 9.84. The van der Waals surface area contributed by atoms with Gasteiger partial charge in [-0.1, -0.05) is 0 Å². The smallest absolute Gasteiger partial charge is 0.228 e. The Kier molecular flexibility index (Phi) is 3.56. The Morgan fingerprint density at radius 1 is 1.22 bits per heavy atom. The predicted molar refractivity (Wildman–Crippen MR) is 99.1 cm³/mol. The quantitative estimate of drug-likeness (QED) is 0.557. The van der Waals surface area contributed by atoms with E-state index in [1.807, 2.05) is 35.7 Å². The van der Waals surface area contributed by atoms with Gasteiger partial charge in [-0.3, -0.25) is 4.68 Å². The number of hydrogen-bond donors (Lipinski definition) is 1. The van der Waals surface area contributed by atoms with Crippen LogP contribution < -0.4 is 10.1 Å². The Morgan fingerprint density at radius 2 is 2.15 bits per heavy atom. The molecule has 0 spiro atoms. The average Bonchev–Trinajstić information content (AvgIpc) is 3.24. The third-order valence-corrected chi connectivity index (χ3v) is 4.52. The normalized spacial score (nSPS) is 16.1. The standard InChI is InChI=1S/C17H15BN8O/c1-25-13(3-6-20-25)22-17-19-5-2-12(21-17)10-8-14-23-24-16-11(18)4-7-27-15(9-10)26(14)16/h2-3,5-6,8-9,11H,4,7H2,1H3,(H,19,21,22). The Morgan fingerprint density at radius 3 is 3.00 bits per heavy atom. The monoisotopic (exact) mass is 358 g/mol. The van der Waals surface area contributed by atoms with Gasteiger partial charge in [0.15, 0.2) is 5.65 Å². The third-order valence-electron chi connectivity index (χ3n) is 4.52. The maximum atomic E-state index is 6.16. The van der Waals surface area contributed by atoms with Gasteiger partial charge in [0.05, 0.1) is 26.3 Å². The third kappa shape index (κ3) is 2.69. The highest BCUT2D eigenvalue weighted by Crippen LogP contribution is 2.30. The summed E-state index contributed by atoms with van der Waals surface area (Å²) in [5, 5.41) is 15.8. The number of rotatable bonds is 3. The summed E-state index contributed by atoms with van der Waals surface area (Å²) in [4.78, 5) is 8.89. The summed E-state index contributed by atoms with van der Waals surface area (Å²) in [7, 11) is 8.00. The van der Waals surface area contributed by atoms with Crippen LogP contribution in [0.2, 0.25) is 0 Å². The number of hydrogen-bond acceptors (Lipinski definition) is 7. The van der Waals surface area contributed by atoms with Crippen molar-refractivity contribution >= 4 is 25.3 Å². The summed E-state index contributed by atoms with van der Waals surface area (Å²) >= 11 is 0. The van der Waals surface area contributed by atoms with E-state index in [0.29, 0.717) is 36.3 Å². The first-order valence-corrected chi connectivity index (χ1v) is 8.55. The minimum atomic E-state index is -0.194. The second kappa shape index (κ2) is 6.08. The SMILES string of the molecule is [B]C1CCOc2cc(-c3ccnc(Nc4ccnn4C)n3)cc3nnc1n23. The molecular formula is C17H15BN8O. The zero-order valence-electron chi connectivity index (χ0n) is 14.6. The van der Waals surface area contributed by atoms with E-state index >= 15 is 0 Å². The van der Waals surface area contributed by atoms with Crippen LogP contribution in [0.4, 0.5) is 11.8 Å². The lowest BCUT2D eigenvalue weighted by molar-refractivity contribution is 0.304. The Hall–Kier alpha value is -3.43. The van der Waals surface area contributed by atoms with Crippen molar-refractivity contribution in [3.05, 3.63) is 42.5 Å². The summed E-state index contributed by atoms with van der Waals surface area (Å²) < 4.78 is 9.45. The molecule has 1 aliphatic heterocycles. The average molecular weight is 358 g/mol. The second-order valence-corrected chi connectivity index (χ2v) is 6.31. The molecule has 1 unspecified atom stereocenters. The molecule has 0 bridgehead atoms. The Balaban J connectivity index is 1.56. The topological polar surface area (TPSA) is 95.0 Å². The van der Waals surface area contributed by atoms with Gasteiger partial charge in [0, 0.05) is 30.9 Å². The molecule has 10 heteroatoms. The predicted octanol–water partition coefficient (Wildman–Crippen LogP) is 1.66. The van der Waals surface area contributed by atoms with E-state index in [9.17, 15) is 0 Å². The van der Waals surface area contributed by atoms with Gasteiger partial charge in [-0.05, 0) is 24.4 Å². The molecule has 1 N–H and O–H groups in total. The maximum absolute atomic E-state index is 6.16. The molecule has 2 radical (unpaired) electrons. The van der Waals surface area contributed by atoms with E-state index in [1.165, 1.54) is 0 Å². The lowest BCUT2D eigenvalue weighted by Crippen LogP contribution is -2.03. The molecule has 9 nitrogen and oxygen atoms in total. The number of pyridine rings is 1. The van der Waals surface area contributed by atoms with Crippen LogP contribution in [-0.4, -0.2) is 48.8 Å². The van der Waals surface area contributed by atoms with Gasteiger partial charge in [-0.2, -0.15) is 5.10 Å². The number of aromatic nitrogens is 7. The molecule has 132 valence electrons. The first-order valence-electron chi connectivity index (χ1n) is 8.55. The number of aryl methyl sites for hydroxylation is 1. The molecule has 0 aromatic carbocycles. The molecule has 1 atom stereocenters. The zero-order valence-corrected chi connectivity index (χ0v) is 14.6. The van der Waals surface area contributed by atoms with E-state index in [2.05, 4.69) is 30.6 Å². The van der Waals surface area contributed by atoms with Gasteiger partial charge in [0.25, 0.3) is 0 Å². The molecule has 0 saturated carbocycles. The van der Waals surface area contributed by atoms with Crippen LogP contribution in [0.25, 0.3) is 16.9 Å². The highest BCUT2D eigenvalue weighted by atomic mass is 16.5. The first-order chi connectivity index (χ1) is 13.2.